The highest BCUT2D eigenvalue weighted by Crippen LogP contribution is 2.40. The maximum absolute atomic E-state index is 13.4. The van der Waals surface area contributed by atoms with Crippen LogP contribution in [-0.2, 0) is 4.74 Å². The third-order valence-corrected chi connectivity index (χ3v) is 4.86. The van der Waals surface area contributed by atoms with E-state index in [0.29, 0.717) is 12.3 Å². The van der Waals surface area contributed by atoms with Crippen LogP contribution in [0.4, 0.5) is 8.78 Å². The highest BCUT2D eigenvalue weighted by atomic mass is 19.3. The molecule has 6 nitrogen and oxygen atoms in total. The number of nitrogens with zero attached hydrogens (tertiary/aromatic N) is 3. The summed E-state index contributed by atoms with van der Waals surface area (Å²) in [5.41, 5.74) is 0.800. The maximum Gasteiger partial charge on any atom is 0.280 e. The van der Waals surface area contributed by atoms with Gasteiger partial charge < -0.3 is 10.1 Å². The van der Waals surface area contributed by atoms with Gasteiger partial charge in [0.15, 0.2) is 5.65 Å². The van der Waals surface area contributed by atoms with Crippen molar-refractivity contribution in [2.75, 3.05) is 6.61 Å². The number of carbonyl (C=O) groups is 1. The second-order valence-corrected chi connectivity index (χ2v) is 6.79. The lowest BCUT2D eigenvalue weighted by atomic mass is 10.1. The van der Waals surface area contributed by atoms with E-state index in [1.54, 1.807) is 0 Å². The van der Waals surface area contributed by atoms with E-state index >= 15 is 0 Å². The minimum atomic E-state index is -2.68. The summed E-state index contributed by atoms with van der Waals surface area (Å²) >= 11 is 0. The first-order valence-electron chi connectivity index (χ1n) is 8.64. The molecule has 2 fully saturated rings. The fourth-order valence-electron chi connectivity index (χ4n) is 3.28. The van der Waals surface area contributed by atoms with Gasteiger partial charge in [-0.3, -0.25) is 4.79 Å². The van der Waals surface area contributed by atoms with E-state index in [4.69, 9.17) is 4.74 Å². The van der Waals surface area contributed by atoms with E-state index < -0.39 is 6.43 Å². The number of aromatic nitrogens is 3. The Hall–Kier alpha value is -2.09. The van der Waals surface area contributed by atoms with E-state index in [-0.39, 0.29) is 40.9 Å². The number of rotatable bonds is 5. The van der Waals surface area contributed by atoms with Crippen LogP contribution in [0.25, 0.3) is 5.65 Å². The van der Waals surface area contributed by atoms with Gasteiger partial charge in [-0.1, -0.05) is 0 Å². The molecule has 2 aromatic rings. The zero-order chi connectivity index (χ0) is 17.6. The molecule has 1 saturated carbocycles. The number of nitrogens with one attached hydrogen (secondary N) is 1. The Morgan fingerprint density at radius 1 is 1.40 bits per heavy atom. The quantitative estimate of drug-likeness (QED) is 0.900. The molecule has 1 saturated heterocycles. The van der Waals surface area contributed by atoms with Crippen LogP contribution >= 0.6 is 0 Å². The van der Waals surface area contributed by atoms with Gasteiger partial charge in [-0.2, -0.15) is 5.10 Å². The molecule has 2 aromatic heterocycles. The van der Waals surface area contributed by atoms with Crippen molar-refractivity contribution in [1.82, 2.24) is 19.9 Å². The maximum atomic E-state index is 13.4. The van der Waals surface area contributed by atoms with Crippen molar-refractivity contribution in [3.8, 4) is 0 Å². The molecule has 1 N–H and O–H groups in total. The number of amides is 1. The van der Waals surface area contributed by atoms with Crippen LogP contribution in [0.5, 0.6) is 0 Å². The minimum Gasteiger partial charge on any atom is -0.376 e. The van der Waals surface area contributed by atoms with Gasteiger partial charge in [-0.05, 0) is 38.7 Å². The lowest BCUT2D eigenvalue weighted by molar-refractivity contribution is 0.0713. The van der Waals surface area contributed by atoms with Crippen LogP contribution < -0.4 is 5.32 Å². The van der Waals surface area contributed by atoms with Gasteiger partial charge in [-0.25, -0.2) is 18.3 Å². The average Bonchev–Trinajstić information content (AvgIpc) is 3.11. The molecule has 134 valence electrons. The molecular weight excluding hydrogens is 330 g/mol. The Bertz CT molecular complexity index is 797. The number of ether oxygens (including phenoxy) is 1. The van der Waals surface area contributed by atoms with Gasteiger partial charge in [0.05, 0.1) is 18.3 Å². The molecule has 1 aliphatic carbocycles. The van der Waals surface area contributed by atoms with Crippen molar-refractivity contribution in [3.63, 3.8) is 0 Å². The van der Waals surface area contributed by atoms with Crippen LogP contribution in [0, 0.1) is 0 Å². The molecule has 1 aliphatic heterocycles. The van der Waals surface area contributed by atoms with Gasteiger partial charge in [0.2, 0.25) is 0 Å². The Morgan fingerprint density at radius 2 is 2.20 bits per heavy atom. The van der Waals surface area contributed by atoms with E-state index in [2.05, 4.69) is 15.4 Å². The topological polar surface area (TPSA) is 68.5 Å². The monoisotopic (exact) mass is 350 g/mol. The van der Waals surface area contributed by atoms with Crippen molar-refractivity contribution < 1.29 is 18.3 Å². The summed E-state index contributed by atoms with van der Waals surface area (Å²) in [6.07, 6.45) is 2.38. The molecule has 0 aromatic carbocycles. The van der Waals surface area contributed by atoms with Gasteiger partial charge >= 0.3 is 0 Å². The largest absolute Gasteiger partial charge is 0.376 e. The highest BCUT2D eigenvalue weighted by Gasteiger charge is 2.30. The second kappa shape index (κ2) is 6.33. The van der Waals surface area contributed by atoms with Crippen molar-refractivity contribution in [1.29, 1.82) is 0 Å². The lowest BCUT2D eigenvalue weighted by Crippen LogP contribution is -2.40. The van der Waals surface area contributed by atoms with E-state index in [1.165, 1.54) is 12.3 Å². The van der Waals surface area contributed by atoms with E-state index in [0.717, 1.165) is 30.2 Å². The molecule has 2 aliphatic rings. The van der Waals surface area contributed by atoms with Gasteiger partial charge in [0, 0.05) is 18.2 Å². The van der Waals surface area contributed by atoms with E-state index in [1.807, 2.05) is 6.92 Å². The predicted octanol–water partition coefficient (Wildman–Crippen LogP) is 2.84. The molecule has 0 spiro atoms. The molecule has 8 heteroatoms. The van der Waals surface area contributed by atoms with Crippen LogP contribution in [0.1, 0.15) is 66.7 Å². The van der Waals surface area contributed by atoms with Gasteiger partial charge in [-0.15, -0.1) is 0 Å². The van der Waals surface area contributed by atoms with Crippen molar-refractivity contribution in [2.45, 2.75) is 57.1 Å². The Morgan fingerprint density at radius 3 is 2.84 bits per heavy atom. The first-order valence-corrected chi connectivity index (χ1v) is 8.64. The first-order chi connectivity index (χ1) is 12.0. The van der Waals surface area contributed by atoms with Crippen molar-refractivity contribution in [3.05, 3.63) is 29.2 Å². The van der Waals surface area contributed by atoms with Crippen LogP contribution in [-0.4, -0.2) is 39.3 Å². The molecule has 3 heterocycles. The van der Waals surface area contributed by atoms with Crippen molar-refractivity contribution >= 4 is 11.6 Å². The van der Waals surface area contributed by atoms with Gasteiger partial charge in [0.25, 0.3) is 12.3 Å². The Kier molecular flexibility index (Phi) is 4.15. The summed E-state index contributed by atoms with van der Waals surface area (Å²) in [6, 6.07) is 1.24. The van der Waals surface area contributed by atoms with E-state index in [9.17, 15) is 13.6 Å². The summed E-state index contributed by atoms with van der Waals surface area (Å²) in [6.45, 7) is 2.58. The smallest absolute Gasteiger partial charge is 0.280 e. The Balaban J connectivity index is 1.65. The summed E-state index contributed by atoms with van der Waals surface area (Å²) in [7, 11) is 0. The molecule has 25 heavy (non-hydrogen) atoms. The number of hydrogen-bond acceptors (Lipinski definition) is 4. The third kappa shape index (κ3) is 3.10. The van der Waals surface area contributed by atoms with Crippen LogP contribution in [0.15, 0.2) is 12.3 Å². The summed E-state index contributed by atoms with van der Waals surface area (Å²) in [5.74, 6) is -0.155. The summed E-state index contributed by atoms with van der Waals surface area (Å²) < 4.78 is 33.4. The van der Waals surface area contributed by atoms with Crippen molar-refractivity contribution in [2.24, 2.45) is 0 Å². The Labute approximate surface area is 143 Å². The first kappa shape index (κ1) is 16.4. The zero-order valence-electron chi connectivity index (χ0n) is 13.9. The second-order valence-electron chi connectivity index (χ2n) is 6.79. The minimum absolute atomic E-state index is 0.0163. The summed E-state index contributed by atoms with van der Waals surface area (Å²) in [5, 5.41) is 6.85. The normalized spacial score (nSPS) is 21.8. The molecule has 2 atom stereocenters. The number of halogens is 2. The molecule has 0 radical (unpaired) electrons. The number of carbonyl (C=O) groups excluding carboxylic acids is 1. The zero-order valence-corrected chi connectivity index (χ0v) is 13.9. The predicted molar refractivity (Wildman–Crippen MR) is 85.8 cm³/mol. The number of hydrogen-bond donors (Lipinski definition) is 1. The molecule has 4 rings (SSSR count). The molecular formula is C17H20F2N4O2. The number of fused-ring (bicyclic) bond motifs is 1. The standard InChI is InChI=1S/C17H20F2N4O2/c1-9(14-3-2-6-25-14)21-17(24)11-8-20-23-13(15(18)19)7-12(10-4-5-10)22-16(11)23/h7-10,14-15H,2-6H2,1H3,(H,21,24)/t9-,14-/m1/s1. The number of alkyl halides is 2. The molecule has 0 bridgehead atoms. The SMILES string of the molecule is C[C@@H](NC(=O)c1cnn2c(C(F)F)cc(C3CC3)nc12)[C@H]1CCCO1. The van der Waals surface area contributed by atoms with Crippen LogP contribution in [0.2, 0.25) is 0 Å². The third-order valence-electron chi connectivity index (χ3n) is 4.86. The fraction of sp³-hybridized carbons (Fsp3) is 0.588. The lowest BCUT2D eigenvalue weighted by Gasteiger charge is -2.19. The molecule has 0 unspecified atom stereocenters. The average molecular weight is 350 g/mol. The highest BCUT2D eigenvalue weighted by molar-refractivity contribution is 5.99. The summed E-state index contributed by atoms with van der Waals surface area (Å²) in [4.78, 5) is 17.1. The van der Waals surface area contributed by atoms with Gasteiger partial charge in [0.1, 0.15) is 11.3 Å². The fourth-order valence-corrected chi connectivity index (χ4v) is 3.28. The molecule has 1 amide bonds. The van der Waals surface area contributed by atoms with Crippen LogP contribution in [0.3, 0.4) is 0 Å².